The first-order chi connectivity index (χ1) is 12.4. The summed E-state index contributed by atoms with van der Waals surface area (Å²) in [6.45, 7) is -0.696. The van der Waals surface area contributed by atoms with E-state index in [0.29, 0.717) is 12.1 Å². The van der Waals surface area contributed by atoms with Crippen molar-refractivity contribution < 1.29 is 22.7 Å². The van der Waals surface area contributed by atoms with Crippen LogP contribution in [0.1, 0.15) is 18.1 Å². The predicted molar refractivity (Wildman–Crippen MR) is 92.2 cm³/mol. The first-order valence-corrected chi connectivity index (χ1v) is 8.12. The minimum absolute atomic E-state index is 0.0718. The van der Waals surface area contributed by atoms with Crippen molar-refractivity contribution in [1.82, 2.24) is 10.2 Å². The zero-order valence-electron chi connectivity index (χ0n) is 14.6. The molecule has 2 aromatic rings. The van der Waals surface area contributed by atoms with Crippen LogP contribution in [0.5, 0.6) is 5.75 Å². The molecule has 0 spiro atoms. The summed E-state index contributed by atoms with van der Waals surface area (Å²) in [5.41, 5.74) is 1.15. The third-order valence-electron chi connectivity index (χ3n) is 4.01. The fraction of sp³-hybridized carbons (Fsp3) is 0.316. The maximum Gasteiger partial charge on any atom is 0.387 e. The molecule has 1 N–H and O–H groups in total. The third-order valence-corrected chi connectivity index (χ3v) is 4.01. The Balaban J connectivity index is 1.91. The van der Waals surface area contributed by atoms with Gasteiger partial charge in [-0.1, -0.05) is 30.3 Å². The maximum atomic E-state index is 13.6. The molecule has 0 bridgehead atoms. The Kier molecular flexibility index (Phi) is 7.03. The molecule has 0 fully saturated rings. The normalized spacial score (nSPS) is 12.3. The van der Waals surface area contributed by atoms with E-state index in [1.165, 1.54) is 18.2 Å². The maximum absolute atomic E-state index is 13.6. The summed E-state index contributed by atoms with van der Waals surface area (Å²) in [4.78, 5) is 14.0. The van der Waals surface area contributed by atoms with Gasteiger partial charge in [-0.05, 0) is 37.7 Å². The largest absolute Gasteiger partial charge is 0.435 e. The lowest BCUT2D eigenvalue weighted by Crippen LogP contribution is -2.42. The second-order valence-corrected chi connectivity index (χ2v) is 5.93. The van der Waals surface area contributed by atoms with Gasteiger partial charge in [-0.3, -0.25) is 9.69 Å². The number of hydrogen-bond donors (Lipinski definition) is 1. The van der Waals surface area contributed by atoms with Gasteiger partial charge in [-0.25, -0.2) is 4.39 Å². The second-order valence-electron chi connectivity index (χ2n) is 5.93. The highest BCUT2D eigenvalue weighted by atomic mass is 19.3. The summed E-state index contributed by atoms with van der Waals surface area (Å²) in [5, 5.41) is 2.70. The van der Waals surface area contributed by atoms with E-state index in [0.717, 1.165) is 5.56 Å². The van der Waals surface area contributed by atoms with E-state index >= 15 is 0 Å². The Morgan fingerprint density at radius 3 is 2.62 bits per heavy atom. The van der Waals surface area contributed by atoms with Crippen LogP contribution in [0.3, 0.4) is 0 Å². The van der Waals surface area contributed by atoms with Crippen LogP contribution in [0.2, 0.25) is 0 Å². The van der Waals surface area contributed by atoms with E-state index < -0.39 is 12.7 Å². The summed E-state index contributed by atoms with van der Waals surface area (Å²) in [6.07, 6.45) is 0. The molecule has 140 valence electrons. The van der Waals surface area contributed by atoms with Crippen molar-refractivity contribution in [2.75, 3.05) is 7.05 Å². The van der Waals surface area contributed by atoms with E-state index in [-0.39, 0.29) is 24.0 Å². The number of nitrogens with one attached hydrogen (secondary N) is 1. The number of ether oxygens (including phenoxy) is 1. The van der Waals surface area contributed by atoms with Crippen molar-refractivity contribution in [3.8, 4) is 5.75 Å². The molecule has 0 saturated carbocycles. The molecule has 1 atom stereocenters. The Morgan fingerprint density at radius 2 is 1.92 bits per heavy atom. The third kappa shape index (κ3) is 5.77. The first kappa shape index (κ1) is 19.8. The van der Waals surface area contributed by atoms with Gasteiger partial charge in [0.15, 0.2) is 0 Å². The number of halogens is 3. The number of hydrogen-bond acceptors (Lipinski definition) is 3. The van der Waals surface area contributed by atoms with Crippen LogP contribution < -0.4 is 10.1 Å². The quantitative estimate of drug-likeness (QED) is 0.777. The highest BCUT2D eigenvalue weighted by Gasteiger charge is 2.18. The van der Waals surface area contributed by atoms with Crippen molar-refractivity contribution in [1.29, 1.82) is 0 Å². The molecule has 2 aromatic carbocycles. The molecule has 26 heavy (non-hydrogen) atoms. The van der Waals surface area contributed by atoms with Gasteiger partial charge in [0.05, 0.1) is 6.04 Å². The van der Waals surface area contributed by atoms with Gasteiger partial charge in [0.25, 0.3) is 0 Å². The van der Waals surface area contributed by atoms with Crippen LogP contribution >= 0.6 is 0 Å². The molecule has 0 aliphatic carbocycles. The van der Waals surface area contributed by atoms with Crippen molar-refractivity contribution in [2.45, 2.75) is 32.7 Å². The summed E-state index contributed by atoms with van der Waals surface area (Å²) in [5.74, 6) is -0.553. The molecule has 2 rings (SSSR count). The molecule has 4 nitrogen and oxygen atoms in total. The standard InChI is InChI=1S/C19H21F3N2O2/c1-13(18(25)23-11-15-7-3-4-9-17(15)20)24(2)12-14-6-5-8-16(10-14)26-19(21)22/h3-10,13,19H,11-12H2,1-2H3,(H,23,25). The summed E-state index contributed by atoms with van der Waals surface area (Å²) >= 11 is 0. The van der Waals surface area contributed by atoms with Crippen molar-refractivity contribution in [3.63, 3.8) is 0 Å². The van der Waals surface area contributed by atoms with Crippen molar-refractivity contribution in [3.05, 3.63) is 65.5 Å². The predicted octanol–water partition coefficient (Wildman–Crippen LogP) is 3.56. The number of likely N-dealkylation sites (N-methyl/N-ethyl adjacent to an activating group) is 1. The molecular formula is C19H21F3N2O2. The summed E-state index contributed by atoms with van der Waals surface area (Å²) < 4.78 is 42.5. The monoisotopic (exact) mass is 366 g/mol. The van der Waals surface area contributed by atoms with Gasteiger partial charge >= 0.3 is 6.61 Å². The Morgan fingerprint density at radius 1 is 1.19 bits per heavy atom. The molecule has 0 radical (unpaired) electrons. The summed E-state index contributed by atoms with van der Waals surface area (Å²) in [6, 6.07) is 12.1. The highest BCUT2D eigenvalue weighted by molar-refractivity contribution is 5.81. The number of benzene rings is 2. The smallest absolute Gasteiger partial charge is 0.387 e. The number of nitrogens with zero attached hydrogens (tertiary/aromatic N) is 1. The van der Waals surface area contributed by atoms with Crippen LogP contribution in [-0.4, -0.2) is 30.5 Å². The van der Waals surface area contributed by atoms with Gasteiger partial charge in [0, 0.05) is 18.7 Å². The van der Waals surface area contributed by atoms with E-state index in [1.54, 1.807) is 49.2 Å². The number of amides is 1. The van der Waals surface area contributed by atoms with Gasteiger partial charge in [0.2, 0.25) is 5.91 Å². The Labute approximate surface area is 150 Å². The van der Waals surface area contributed by atoms with Crippen molar-refractivity contribution in [2.24, 2.45) is 0 Å². The number of rotatable bonds is 8. The van der Waals surface area contributed by atoms with Gasteiger partial charge in [-0.2, -0.15) is 8.78 Å². The van der Waals surface area contributed by atoms with Crippen LogP contribution in [0.25, 0.3) is 0 Å². The zero-order chi connectivity index (χ0) is 19.1. The SMILES string of the molecule is CC(C(=O)NCc1ccccc1F)N(C)Cc1cccc(OC(F)F)c1. The molecule has 0 aromatic heterocycles. The average molecular weight is 366 g/mol. The molecule has 0 saturated heterocycles. The topological polar surface area (TPSA) is 41.6 Å². The minimum atomic E-state index is -2.88. The van der Waals surface area contributed by atoms with Crippen LogP contribution in [0.15, 0.2) is 48.5 Å². The molecule has 0 aliphatic heterocycles. The molecule has 7 heteroatoms. The first-order valence-electron chi connectivity index (χ1n) is 8.12. The van der Waals surface area contributed by atoms with E-state index in [4.69, 9.17) is 0 Å². The average Bonchev–Trinajstić information content (AvgIpc) is 2.59. The molecule has 0 aliphatic rings. The lowest BCUT2D eigenvalue weighted by Gasteiger charge is -2.24. The van der Waals surface area contributed by atoms with Gasteiger partial charge in [-0.15, -0.1) is 0 Å². The molecule has 0 heterocycles. The fourth-order valence-corrected chi connectivity index (χ4v) is 2.42. The number of carbonyl (C=O) groups excluding carboxylic acids is 1. The lowest BCUT2D eigenvalue weighted by atomic mass is 10.1. The fourth-order valence-electron chi connectivity index (χ4n) is 2.42. The number of carbonyl (C=O) groups is 1. The van der Waals surface area contributed by atoms with Gasteiger partial charge in [0.1, 0.15) is 11.6 Å². The molecule has 1 unspecified atom stereocenters. The van der Waals surface area contributed by atoms with E-state index in [9.17, 15) is 18.0 Å². The van der Waals surface area contributed by atoms with Crippen LogP contribution in [-0.2, 0) is 17.9 Å². The van der Waals surface area contributed by atoms with Crippen LogP contribution in [0, 0.1) is 5.82 Å². The minimum Gasteiger partial charge on any atom is -0.435 e. The lowest BCUT2D eigenvalue weighted by molar-refractivity contribution is -0.125. The Bertz CT molecular complexity index is 740. The van der Waals surface area contributed by atoms with Crippen LogP contribution in [0.4, 0.5) is 13.2 Å². The van der Waals surface area contributed by atoms with Gasteiger partial charge < -0.3 is 10.1 Å². The number of alkyl halides is 2. The molecular weight excluding hydrogens is 345 g/mol. The zero-order valence-corrected chi connectivity index (χ0v) is 14.6. The summed E-state index contributed by atoms with van der Waals surface area (Å²) in [7, 11) is 1.74. The van der Waals surface area contributed by atoms with E-state index in [2.05, 4.69) is 10.1 Å². The van der Waals surface area contributed by atoms with Crippen molar-refractivity contribution >= 4 is 5.91 Å². The highest BCUT2D eigenvalue weighted by Crippen LogP contribution is 2.17. The molecule has 1 amide bonds. The Hall–Kier alpha value is -2.54. The van der Waals surface area contributed by atoms with E-state index in [1.807, 2.05) is 0 Å². The second kappa shape index (κ2) is 9.24.